The monoisotopic (exact) mass is 336 g/mol. The van der Waals surface area contributed by atoms with E-state index in [4.69, 9.17) is 5.26 Å². The van der Waals surface area contributed by atoms with Crippen molar-refractivity contribution in [2.24, 2.45) is 5.92 Å². The Hall–Kier alpha value is -2.67. The van der Waals surface area contributed by atoms with Crippen LogP contribution in [0.4, 0.5) is 4.39 Å². The molecule has 128 valence electrons. The van der Waals surface area contributed by atoms with Gasteiger partial charge in [-0.1, -0.05) is 18.2 Å². The van der Waals surface area contributed by atoms with Crippen molar-refractivity contribution < 1.29 is 9.18 Å². The predicted octanol–water partition coefficient (Wildman–Crippen LogP) is 4.18. The van der Waals surface area contributed by atoms with Crippen LogP contribution in [0.25, 0.3) is 0 Å². The zero-order valence-electron chi connectivity index (χ0n) is 14.1. The van der Waals surface area contributed by atoms with Crippen LogP contribution in [0.2, 0.25) is 0 Å². The Bertz CT molecular complexity index is 779. The fourth-order valence-electron chi connectivity index (χ4n) is 3.41. The zero-order valence-corrected chi connectivity index (χ0v) is 14.1. The minimum Gasteiger partial charge on any atom is -0.338 e. The Morgan fingerprint density at radius 3 is 2.80 bits per heavy atom. The number of amides is 1. The molecule has 1 fully saturated rings. The van der Waals surface area contributed by atoms with Gasteiger partial charge in [-0.05, 0) is 67.5 Å². The van der Waals surface area contributed by atoms with Crippen LogP contribution in [-0.2, 0) is 6.42 Å². The summed E-state index contributed by atoms with van der Waals surface area (Å²) in [5.74, 6) is 0.253. The minimum atomic E-state index is -0.210. The number of carbonyl (C=O) groups is 1. The van der Waals surface area contributed by atoms with Gasteiger partial charge in [0.1, 0.15) is 5.82 Å². The Kier molecular flexibility index (Phi) is 5.45. The lowest BCUT2D eigenvalue weighted by Gasteiger charge is -2.33. The maximum Gasteiger partial charge on any atom is 0.253 e. The number of benzene rings is 2. The summed E-state index contributed by atoms with van der Waals surface area (Å²) in [7, 11) is 0. The molecule has 0 N–H and O–H groups in total. The molecule has 1 aliphatic rings. The van der Waals surface area contributed by atoms with Crippen LogP contribution < -0.4 is 0 Å². The smallest absolute Gasteiger partial charge is 0.253 e. The van der Waals surface area contributed by atoms with Crippen LogP contribution >= 0.6 is 0 Å². The molecule has 0 aliphatic carbocycles. The summed E-state index contributed by atoms with van der Waals surface area (Å²) < 4.78 is 13.0. The van der Waals surface area contributed by atoms with Crippen LogP contribution in [0.5, 0.6) is 0 Å². The third-order valence-electron chi connectivity index (χ3n) is 4.80. The van der Waals surface area contributed by atoms with Gasteiger partial charge in [0.25, 0.3) is 5.91 Å². The van der Waals surface area contributed by atoms with E-state index in [-0.39, 0.29) is 11.7 Å². The highest BCUT2D eigenvalue weighted by Crippen LogP contribution is 2.23. The van der Waals surface area contributed by atoms with Gasteiger partial charge in [-0.25, -0.2) is 4.39 Å². The first-order chi connectivity index (χ1) is 12.2. The molecule has 1 aliphatic heterocycles. The molecule has 3 rings (SSSR count). The molecule has 0 saturated carbocycles. The van der Waals surface area contributed by atoms with E-state index in [1.165, 1.54) is 12.1 Å². The van der Waals surface area contributed by atoms with Gasteiger partial charge in [-0.15, -0.1) is 0 Å². The lowest BCUT2D eigenvalue weighted by Crippen LogP contribution is -2.40. The predicted molar refractivity (Wildman–Crippen MR) is 94.5 cm³/mol. The van der Waals surface area contributed by atoms with E-state index in [2.05, 4.69) is 6.07 Å². The van der Waals surface area contributed by atoms with Crippen molar-refractivity contribution in [3.63, 3.8) is 0 Å². The van der Waals surface area contributed by atoms with Gasteiger partial charge >= 0.3 is 0 Å². The number of hydrogen-bond donors (Lipinski definition) is 0. The van der Waals surface area contributed by atoms with E-state index in [0.717, 1.165) is 44.3 Å². The molecule has 0 unspecified atom stereocenters. The largest absolute Gasteiger partial charge is 0.338 e. The molecule has 2 aromatic rings. The van der Waals surface area contributed by atoms with Crippen LogP contribution in [0, 0.1) is 23.1 Å². The average Bonchev–Trinajstić information content (AvgIpc) is 2.67. The number of halogens is 1. The van der Waals surface area contributed by atoms with Crippen LogP contribution in [0.3, 0.4) is 0 Å². The van der Waals surface area contributed by atoms with Crippen LogP contribution in [0.1, 0.15) is 40.7 Å². The third-order valence-corrected chi connectivity index (χ3v) is 4.80. The molecule has 0 radical (unpaired) electrons. The minimum absolute atomic E-state index is 0.00332. The number of nitrogens with zero attached hydrogens (tertiary/aromatic N) is 2. The SMILES string of the molecule is N#Cc1cccc(C(=O)N2CCC[C@H](CCc3ccc(F)cc3)C2)c1. The lowest BCUT2D eigenvalue weighted by molar-refractivity contribution is 0.0668. The second-order valence-electron chi connectivity index (χ2n) is 6.62. The van der Waals surface area contributed by atoms with Gasteiger partial charge in [0.2, 0.25) is 0 Å². The maximum atomic E-state index is 13.0. The molecule has 0 aromatic heterocycles. The highest BCUT2D eigenvalue weighted by molar-refractivity contribution is 5.94. The number of aryl methyl sites for hydroxylation is 1. The fraction of sp³-hybridized carbons (Fsp3) is 0.333. The van der Waals surface area contributed by atoms with Gasteiger partial charge in [0.15, 0.2) is 0 Å². The first-order valence-corrected chi connectivity index (χ1v) is 8.69. The second kappa shape index (κ2) is 7.94. The van der Waals surface area contributed by atoms with Crippen LogP contribution in [0.15, 0.2) is 48.5 Å². The molecule has 0 spiro atoms. The number of nitriles is 1. The standard InChI is InChI=1S/C21H21FN2O/c22-20-10-8-16(9-11-20)6-7-17-4-2-12-24(15-17)21(25)19-5-1-3-18(13-19)14-23/h1,3,5,8-11,13,17H,2,4,6-7,12,15H2/t17-/m1/s1. The summed E-state index contributed by atoms with van der Waals surface area (Å²) >= 11 is 0. The molecule has 0 bridgehead atoms. The van der Waals surface area contributed by atoms with Gasteiger partial charge in [0.05, 0.1) is 11.6 Å². The van der Waals surface area contributed by atoms with E-state index in [1.54, 1.807) is 24.3 Å². The van der Waals surface area contributed by atoms with E-state index in [9.17, 15) is 9.18 Å². The summed E-state index contributed by atoms with van der Waals surface area (Å²) in [5, 5.41) is 8.99. The maximum absolute atomic E-state index is 13.0. The van der Waals surface area contributed by atoms with Gasteiger partial charge in [-0.3, -0.25) is 4.79 Å². The van der Waals surface area contributed by atoms with Crippen molar-refractivity contribution in [2.75, 3.05) is 13.1 Å². The summed E-state index contributed by atoms with van der Waals surface area (Å²) in [6.45, 7) is 1.51. The normalized spacial score (nSPS) is 17.1. The highest BCUT2D eigenvalue weighted by Gasteiger charge is 2.24. The molecular formula is C21H21FN2O. The van der Waals surface area contributed by atoms with Gasteiger partial charge < -0.3 is 4.90 Å². The molecule has 1 saturated heterocycles. The topological polar surface area (TPSA) is 44.1 Å². The molecule has 3 nitrogen and oxygen atoms in total. The fourth-order valence-corrected chi connectivity index (χ4v) is 3.41. The number of rotatable bonds is 4. The summed E-state index contributed by atoms with van der Waals surface area (Å²) in [5.41, 5.74) is 2.22. The molecule has 4 heteroatoms. The van der Waals surface area contributed by atoms with E-state index >= 15 is 0 Å². The van der Waals surface area contributed by atoms with Crippen molar-refractivity contribution in [2.45, 2.75) is 25.7 Å². The first kappa shape index (κ1) is 17.2. The average molecular weight is 336 g/mol. The van der Waals surface area contributed by atoms with Crippen molar-refractivity contribution in [3.8, 4) is 6.07 Å². The highest BCUT2D eigenvalue weighted by atomic mass is 19.1. The molecule has 25 heavy (non-hydrogen) atoms. The Labute approximate surface area is 147 Å². The molecule has 2 aromatic carbocycles. The molecule has 1 heterocycles. The van der Waals surface area contributed by atoms with Crippen molar-refractivity contribution >= 4 is 5.91 Å². The Morgan fingerprint density at radius 2 is 2.04 bits per heavy atom. The summed E-state index contributed by atoms with van der Waals surface area (Å²) in [4.78, 5) is 14.6. The van der Waals surface area contributed by atoms with Crippen molar-refractivity contribution in [1.82, 2.24) is 4.90 Å². The first-order valence-electron chi connectivity index (χ1n) is 8.69. The number of piperidine rings is 1. The van der Waals surface area contributed by atoms with E-state index in [0.29, 0.717) is 17.0 Å². The summed E-state index contributed by atoms with van der Waals surface area (Å²) in [6, 6.07) is 15.6. The van der Waals surface area contributed by atoms with Crippen molar-refractivity contribution in [3.05, 3.63) is 71.0 Å². The number of likely N-dealkylation sites (tertiary alicyclic amines) is 1. The zero-order chi connectivity index (χ0) is 17.6. The van der Waals surface area contributed by atoms with Crippen molar-refractivity contribution in [1.29, 1.82) is 5.26 Å². The summed E-state index contributed by atoms with van der Waals surface area (Å²) in [6.07, 6.45) is 4.01. The Morgan fingerprint density at radius 1 is 1.24 bits per heavy atom. The number of hydrogen-bond acceptors (Lipinski definition) is 2. The van der Waals surface area contributed by atoms with Gasteiger partial charge in [0, 0.05) is 18.7 Å². The molecule has 1 atom stereocenters. The molecular weight excluding hydrogens is 315 g/mol. The van der Waals surface area contributed by atoms with Gasteiger partial charge in [-0.2, -0.15) is 5.26 Å². The molecule has 1 amide bonds. The third kappa shape index (κ3) is 4.45. The van der Waals surface area contributed by atoms with Crippen LogP contribution in [-0.4, -0.2) is 23.9 Å². The quantitative estimate of drug-likeness (QED) is 0.840. The second-order valence-corrected chi connectivity index (χ2v) is 6.62. The lowest BCUT2D eigenvalue weighted by atomic mass is 9.91. The number of carbonyl (C=O) groups excluding carboxylic acids is 1. The Balaban J connectivity index is 1.59. The van der Waals surface area contributed by atoms with E-state index in [1.807, 2.05) is 17.0 Å². The van der Waals surface area contributed by atoms with E-state index < -0.39 is 0 Å².